The van der Waals surface area contributed by atoms with E-state index in [0.717, 1.165) is 0 Å². The molecule has 1 aromatic heterocycles. The fourth-order valence-electron chi connectivity index (χ4n) is 0.765. The van der Waals surface area contributed by atoms with Gasteiger partial charge in [-0.05, 0) is 28.2 Å². The van der Waals surface area contributed by atoms with Gasteiger partial charge >= 0.3 is 28.3 Å². The zero-order valence-electron chi connectivity index (χ0n) is 5.15. The molecule has 0 fully saturated rings. The van der Waals surface area contributed by atoms with Crippen molar-refractivity contribution in [2.75, 3.05) is 5.32 Å². The number of fused-ring (bicyclic) bond motifs is 1. The molecule has 1 aliphatic rings. The van der Waals surface area contributed by atoms with Crippen LogP contribution >= 0.6 is 23.2 Å². The van der Waals surface area contributed by atoms with Gasteiger partial charge < -0.3 is 0 Å². The first kappa shape index (κ1) is 6.73. The molecule has 2 rings (SSSR count). The van der Waals surface area contributed by atoms with Crippen LogP contribution in [0.1, 0.15) is 0 Å². The number of nitrogens with one attached hydrogen (secondary N) is 2. The van der Waals surface area contributed by atoms with Crippen molar-refractivity contribution in [3.8, 4) is 0 Å². The van der Waals surface area contributed by atoms with Gasteiger partial charge in [0, 0.05) is 0 Å². The molecule has 54 valence electrons. The van der Waals surface area contributed by atoms with Gasteiger partial charge in [-0.3, -0.25) is 0 Å². The third kappa shape index (κ3) is 1.01. The number of rotatable bonds is 0. The van der Waals surface area contributed by atoms with E-state index >= 15 is 0 Å². The molecule has 11 heavy (non-hydrogen) atoms. The Kier molecular flexibility index (Phi) is 1.39. The van der Waals surface area contributed by atoms with Crippen LogP contribution in [0.25, 0.3) is 0 Å². The molecule has 0 aliphatic carbocycles. The highest BCUT2D eigenvalue weighted by molar-refractivity contribution is 6.34. The van der Waals surface area contributed by atoms with E-state index < -0.39 is 0 Å². The summed E-state index contributed by atoms with van der Waals surface area (Å²) < 4.78 is 0. The van der Waals surface area contributed by atoms with E-state index in [9.17, 15) is 0 Å². The van der Waals surface area contributed by atoms with Gasteiger partial charge in [-0.2, -0.15) is 4.98 Å². The maximum atomic E-state index is 5.69. The van der Waals surface area contributed by atoms with E-state index in [1.165, 1.54) is 0 Å². The first-order chi connectivity index (χ1) is 5.27. The van der Waals surface area contributed by atoms with Crippen LogP contribution in [-0.2, 0) is 0 Å². The van der Waals surface area contributed by atoms with Gasteiger partial charge in [-0.1, -0.05) is 10.3 Å². The highest BCUT2D eigenvalue weighted by Crippen LogP contribution is 2.30. The molecule has 0 atom stereocenters. The van der Waals surface area contributed by atoms with E-state index in [2.05, 4.69) is 26.6 Å². The zero-order valence-corrected chi connectivity index (χ0v) is 6.66. The molecule has 0 saturated carbocycles. The summed E-state index contributed by atoms with van der Waals surface area (Å²) in [5, 5.41) is 3.19. The third-order valence-corrected chi connectivity index (χ3v) is 1.65. The second kappa shape index (κ2) is 2.27. The van der Waals surface area contributed by atoms with E-state index in [-0.39, 0.29) is 10.4 Å². The molecule has 0 saturated heterocycles. The number of nitrogens with zero attached hydrogens (tertiary/aromatic N) is 2. The second-order valence-corrected chi connectivity index (χ2v) is 2.61. The van der Waals surface area contributed by atoms with Crippen LogP contribution in [-0.4, -0.2) is 11.3 Å². The van der Waals surface area contributed by atoms with Crippen molar-refractivity contribution in [1.29, 1.82) is 0 Å². The molecule has 2 N–H and O–H groups in total. The lowest BCUT2D eigenvalue weighted by Gasteiger charge is -1.81. The molecule has 0 amide bonds. The van der Waals surface area contributed by atoms with E-state index in [4.69, 9.17) is 23.2 Å². The summed E-state index contributed by atoms with van der Waals surface area (Å²) in [4.78, 5) is 10.3. The molecule has 0 unspecified atom stereocenters. The number of aromatic nitrogens is 2. The largest absolute Gasteiger partial charge is 0.411 e. The molecule has 1 aliphatic heterocycles. The zero-order chi connectivity index (χ0) is 7.84. The SMILES string of the molecule is Clc1nc(Cl)c2c([nH+]1)N[C+]=N2. The van der Waals surface area contributed by atoms with Gasteiger partial charge in [0.05, 0.1) is 0 Å². The molecule has 2 heterocycles. The number of aromatic amines is 1. The van der Waals surface area contributed by atoms with Gasteiger partial charge in [-0.15, -0.1) is 0 Å². The predicted octanol–water partition coefficient (Wildman–Crippen LogP) is 1.16. The normalized spacial score (nSPS) is 12.2. The number of anilines is 1. The van der Waals surface area contributed by atoms with Crippen molar-refractivity contribution in [3.05, 3.63) is 10.4 Å². The van der Waals surface area contributed by atoms with Crippen molar-refractivity contribution < 1.29 is 4.98 Å². The van der Waals surface area contributed by atoms with Crippen molar-refractivity contribution in [2.45, 2.75) is 0 Å². The Morgan fingerprint density at radius 2 is 2.27 bits per heavy atom. The lowest BCUT2D eigenvalue weighted by Crippen LogP contribution is -2.11. The second-order valence-electron chi connectivity index (χ2n) is 1.89. The Labute approximate surface area is 72.3 Å². The van der Waals surface area contributed by atoms with Crippen LogP contribution in [0.15, 0.2) is 4.99 Å². The first-order valence-electron chi connectivity index (χ1n) is 2.77. The Morgan fingerprint density at radius 1 is 1.45 bits per heavy atom. The molecule has 0 spiro atoms. The third-order valence-electron chi connectivity index (χ3n) is 1.21. The number of hydrogen-bond donors (Lipinski definition) is 1. The van der Waals surface area contributed by atoms with Crippen molar-refractivity contribution in [3.63, 3.8) is 0 Å². The van der Waals surface area contributed by atoms with Crippen LogP contribution in [0, 0.1) is 0 Å². The monoisotopic (exact) mass is 188 g/mol. The molecular formula is C5H2Cl2N4+2. The standard InChI is InChI=1S/C5HCl2N4/c6-3-2-4(9-1-8-2)11-5(7)10-3/h(H,8,9,10,11)/q+1/p+1. The molecule has 6 heteroatoms. The van der Waals surface area contributed by atoms with Crippen molar-refractivity contribution >= 4 is 41.0 Å². The Bertz CT molecular complexity index is 335. The number of hydrogen-bond acceptors (Lipinski definition) is 3. The molecule has 0 radical (unpaired) electrons. The smallest absolute Gasteiger partial charge is 0.165 e. The first-order valence-corrected chi connectivity index (χ1v) is 3.53. The van der Waals surface area contributed by atoms with Gasteiger partial charge in [0.25, 0.3) is 0 Å². The minimum absolute atomic E-state index is 0.222. The van der Waals surface area contributed by atoms with Gasteiger partial charge in [-0.25, -0.2) is 0 Å². The summed E-state index contributed by atoms with van der Waals surface area (Å²) in [6.45, 7) is 0. The lowest BCUT2D eigenvalue weighted by molar-refractivity contribution is -0.361. The average molecular weight is 189 g/mol. The van der Waals surface area contributed by atoms with Crippen LogP contribution in [0.4, 0.5) is 11.5 Å². The van der Waals surface area contributed by atoms with E-state index in [1.807, 2.05) is 0 Å². The van der Waals surface area contributed by atoms with Crippen LogP contribution in [0.3, 0.4) is 0 Å². The fourth-order valence-corrected chi connectivity index (χ4v) is 1.21. The summed E-state index contributed by atoms with van der Waals surface area (Å²) in [6, 6.07) is 0. The summed E-state index contributed by atoms with van der Waals surface area (Å²) in [7, 11) is 0. The maximum absolute atomic E-state index is 5.69. The average Bonchev–Trinajstić information content (AvgIpc) is 2.34. The quantitative estimate of drug-likeness (QED) is 0.378. The topological polar surface area (TPSA) is 51.4 Å². The number of H-pyrrole nitrogens is 1. The Morgan fingerprint density at radius 3 is 3.09 bits per heavy atom. The van der Waals surface area contributed by atoms with Crippen molar-refractivity contribution in [1.82, 2.24) is 4.98 Å². The summed E-state index contributed by atoms with van der Waals surface area (Å²) in [5.41, 5.74) is 0.538. The molecular weight excluding hydrogens is 187 g/mol. The molecule has 4 nitrogen and oxygen atoms in total. The van der Waals surface area contributed by atoms with Gasteiger partial charge in [0.1, 0.15) is 0 Å². The molecule has 0 aromatic carbocycles. The van der Waals surface area contributed by atoms with Crippen molar-refractivity contribution in [2.24, 2.45) is 4.99 Å². The highest BCUT2D eigenvalue weighted by Gasteiger charge is 2.32. The van der Waals surface area contributed by atoms with Gasteiger partial charge in [0.2, 0.25) is 0 Å². The lowest BCUT2D eigenvalue weighted by atomic mass is 10.5. The predicted molar refractivity (Wildman–Crippen MR) is 41.5 cm³/mol. The minimum Gasteiger partial charge on any atom is -0.165 e. The number of aliphatic imine (C=N–C) groups is 1. The van der Waals surface area contributed by atoms with Crippen LogP contribution in [0.5, 0.6) is 0 Å². The Balaban J connectivity index is 2.67. The van der Waals surface area contributed by atoms with Crippen LogP contribution < -0.4 is 10.3 Å². The summed E-state index contributed by atoms with van der Waals surface area (Å²) in [6.07, 6.45) is 2.52. The van der Waals surface area contributed by atoms with E-state index in [1.54, 1.807) is 0 Å². The molecule has 1 aromatic rings. The van der Waals surface area contributed by atoms with E-state index in [0.29, 0.717) is 11.5 Å². The highest BCUT2D eigenvalue weighted by atomic mass is 35.5. The fraction of sp³-hybridized carbons (Fsp3) is 0. The van der Waals surface area contributed by atoms with Gasteiger partial charge in [0.15, 0.2) is 0 Å². The summed E-state index contributed by atoms with van der Waals surface area (Å²) >= 11 is 11.3. The maximum Gasteiger partial charge on any atom is 0.411 e. The van der Waals surface area contributed by atoms with Crippen LogP contribution in [0.2, 0.25) is 10.4 Å². The minimum atomic E-state index is 0.222. The molecule has 0 bridgehead atoms. The number of halogens is 2. The summed E-state index contributed by atoms with van der Waals surface area (Å²) in [5.74, 6) is 0.620. The Hall–Kier alpha value is -0.960.